The maximum absolute atomic E-state index is 9.83. The molecule has 0 aromatic rings. The van der Waals surface area contributed by atoms with E-state index in [1.54, 1.807) is 0 Å². The van der Waals surface area contributed by atoms with Gasteiger partial charge in [-0.1, -0.05) is 20.3 Å². The molecule has 4 nitrogen and oxygen atoms in total. The number of nitrogens with one attached hydrogen (secondary N) is 1. The fourth-order valence-corrected chi connectivity index (χ4v) is 1.46. The van der Waals surface area contributed by atoms with E-state index in [2.05, 4.69) is 21.0 Å². The van der Waals surface area contributed by atoms with Crippen molar-refractivity contribution in [3.8, 4) is 0 Å². The lowest BCUT2D eigenvalue weighted by atomic mass is 10.4. The summed E-state index contributed by atoms with van der Waals surface area (Å²) in [6.45, 7) is 5.33. The zero-order valence-electron chi connectivity index (χ0n) is 9.67. The molecule has 0 spiro atoms. The highest BCUT2D eigenvalue weighted by atomic mass is 32.2. The lowest BCUT2D eigenvalue weighted by molar-refractivity contribution is -0.858. The summed E-state index contributed by atoms with van der Waals surface area (Å²) in [5.41, 5.74) is 0. The maximum Gasteiger partial charge on any atom is 0.0945 e. The summed E-state index contributed by atoms with van der Waals surface area (Å²) in [5, 5.41) is 0. The lowest BCUT2D eigenvalue weighted by Gasteiger charge is -2.02. The van der Waals surface area contributed by atoms with Crippen LogP contribution in [-0.2, 0) is 10.1 Å². The highest BCUT2D eigenvalue weighted by Crippen LogP contribution is 1.90. The minimum Gasteiger partial charge on any atom is -0.748 e. The summed E-state index contributed by atoms with van der Waals surface area (Å²) in [4.78, 5) is 1.54. The quantitative estimate of drug-likeness (QED) is 0.663. The molecule has 0 saturated carbocycles. The van der Waals surface area contributed by atoms with Crippen LogP contribution in [0.15, 0.2) is 0 Å². The number of hydrogen-bond acceptors (Lipinski definition) is 3. The molecule has 0 aliphatic rings. The lowest BCUT2D eigenvalue weighted by Crippen LogP contribution is -3.05. The first-order valence-corrected chi connectivity index (χ1v) is 6.63. The fourth-order valence-electron chi connectivity index (χ4n) is 0.821. The van der Waals surface area contributed by atoms with Crippen molar-refractivity contribution in [2.75, 3.05) is 26.4 Å². The van der Waals surface area contributed by atoms with E-state index >= 15 is 0 Å². The van der Waals surface area contributed by atoms with Crippen LogP contribution in [0.5, 0.6) is 0 Å². The van der Waals surface area contributed by atoms with Crippen molar-refractivity contribution >= 4 is 10.1 Å². The molecule has 0 atom stereocenters. The third kappa shape index (κ3) is 22.6. The smallest absolute Gasteiger partial charge is 0.0945 e. The average molecular weight is 225 g/mol. The van der Waals surface area contributed by atoms with E-state index in [1.165, 1.54) is 17.9 Å². The van der Waals surface area contributed by atoms with Crippen LogP contribution in [0.3, 0.4) is 0 Å². The predicted molar refractivity (Wildman–Crippen MR) is 57.4 cm³/mol. The van der Waals surface area contributed by atoms with E-state index in [0.29, 0.717) is 6.42 Å². The van der Waals surface area contributed by atoms with Gasteiger partial charge in [-0.25, -0.2) is 8.42 Å². The van der Waals surface area contributed by atoms with Gasteiger partial charge >= 0.3 is 0 Å². The molecule has 0 heterocycles. The molecule has 0 fully saturated rings. The van der Waals surface area contributed by atoms with Crippen LogP contribution < -0.4 is 4.90 Å². The zero-order chi connectivity index (χ0) is 11.6. The van der Waals surface area contributed by atoms with E-state index in [1.807, 2.05) is 6.92 Å². The molecule has 0 aromatic heterocycles. The fraction of sp³-hybridized carbons (Fsp3) is 1.00. The van der Waals surface area contributed by atoms with Crippen LogP contribution in [0.2, 0.25) is 0 Å². The van der Waals surface area contributed by atoms with E-state index < -0.39 is 10.1 Å². The molecular weight excluding hydrogens is 202 g/mol. The molecule has 1 N–H and O–H groups in total. The number of hydrogen-bond donors (Lipinski definition) is 1. The van der Waals surface area contributed by atoms with Crippen molar-refractivity contribution in [2.24, 2.45) is 0 Å². The van der Waals surface area contributed by atoms with E-state index in [0.717, 1.165) is 6.42 Å². The molecule has 14 heavy (non-hydrogen) atoms. The highest BCUT2D eigenvalue weighted by molar-refractivity contribution is 7.85. The van der Waals surface area contributed by atoms with Crippen molar-refractivity contribution < 1.29 is 17.9 Å². The minimum atomic E-state index is -3.94. The van der Waals surface area contributed by atoms with Gasteiger partial charge in [0.15, 0.2) is 0 Å². The van der Waals surface area contributed by atoms with Crippen molar-refractivity contribution in [1.82, 2.24) is 0 Å². The average Bonchev–Trinajstić information content (AvgIpc) is 2.00. The summed E-state index contributed by atoms with van der Waals surface area (Å²) in [7, 11) is 0.404. The SMILES string of the molecule is CCCCS(=O)(=O)[O-].CCC[NH+](C)C. The van der Waals surface area contributed by atoms with Crippen LogP contribution in [0.1, 0.15) is 33.1 Å². The van der Waals surface area contributed by atoms with Crippen molar-refractivity contribution in [1.29, 1.82) is 0 Å². The van der Waals surface area contributed by atoms with Crippen LogP contribution >= 0.6 is 0 Å². The summed E-state index contributed by atoms with van der Waals surface area (Å²) >= 11 is 0. The minimum absolute atomic E-state index is 0.219. The van der Waals surface area contributed by atoms with Gasteiger partial charge in [0.05, 0.1) is 30.8 Å². The Kier molecular flexibility index (Phi) is 11.0. The van der Waals surface area contributed by atoms with Crippen LogP contribution in [0.25, 0.3) is 0 Å². The Bertz CT molecular complexity index is 200. The Balaban J connectivity index is 0. The van der Waals surface area contributed by atoms with Gasteiger partial charge in [-0.05, 0) is 12.8 Å². The van der Waals surface area contributed by atoms with Gasteiger partial charge in [0.1, 0.15) is 0 Å². The second-order valence-electron chi connectivity index (χ2n) is 3.57. The summed E-state index contributed by atoms with van der Waals surface area (Å²) in [6, 6.07) is 0. The number of quaternary nitrogens is 1. The molecule has 0 amide bonds. The van der Waals surface area contributed by atoms with Crippen molar-refractivity contribution in [3.63, 3.8) is 0 Å². The zero-order valence-corrected chi connectivity index (χ0v) is 10.5. The van der Waals surface area contributed by atoms with Crippen LogP contribution in [-0.4, -0.2) is 39.4 Å². The molecule has 5 heteroatoms. The molecule has 0 radical (unpaired) electrons. The molecule has 0 aliphatic heterocycles. The van der Waals surface area contributed by atoms with E-state index in [4.69, 9.17) is 0 Å². The maximum atomic E-state index is 9.83. The first-order valence-electron chi connectivity index (χ1n) is 5.06. The largest absolute Gasteiger partial charge is 0.748 e. The molecule has 0 aromatic carbocycles. The Hall–Kier alpha value is -0.130. The summed E-state index contributed by atoms with van der Waals surface area (Å²) < 4.78 is 29.5. The Morgan fingerprint density at radius 1 is 1.14 bits per heavy atom. The molecule has 0 unspecified atom stereocenters. The molecule has 0 rings (SSSR count). The Morgan fingerprint density at radius 3 is 1.71 bits per heavy atom. The van der Waals surface area contributed by atoms with Gasteiger partial charge in [0.25, 0.3) is 0 Å². The Labute approximate surface area is 88.1 Å². The normalized spacial score (nSPS) is 11.0. The Morgan fingerprint density at radius 2 is 1.64 bits per heavy atom. The molecule has 88 valence electrons. The third-order valence-electron chi connectivity index (χ3n) is 1.50. The first kappa shape index (κ1) is 16.3. The third-order valence-corrected chi connectivity index (χ3v) is 2.29. The predicted octanol–water partition coefficient (Wildman–Crippen LogP) is -0.127. The van der Waals surface area contributed by atoms with Gasteiger partial charge in [-0.15, -0.1) is 0 Å². The van der Waals surface area contributed by atoms with E-state index in [-0.39, 0.29) is 5.75 Å². The topological polar surface area (TPSA) is 61.6 Å². The van der Waals surface area contributed by atoms with Gasteiger partial charge in [-0.2, -0.15) is 0 Å². The molecular formula is C9H23NO3S. The number of unbranched alkanes of at least 4 members (excludes halogenated alkanes) is 1. The molecule has 0 aliphatic carbocycles. The standard InChI is InChI=1S/C5H13N.C4H10O3S/c1-4-5-6(2)3;1-2-3-4-8(5,6)7/h4-5H2,1-3H3;2-4H2,1H3,(H,5,6,7). The van der Waals surface area contributed by atoms with Gasteiger partial charge < -0.3 is 9.45 Å². The monoisotopic (exact) mass is 225 g/mol. The van der Waals surface area contributed by atoms with Gasteiger partial charge in [0, 0.05) is 5.75 Å². The van der Waals surface area contributed by atoms with Crippen molar-refractivity contribution in [3.05, 3.63) is 0 Å². The first-order chi connectivity index (χ1) is 6.33. The number of rotatable bonds is 5. The van der Waals surface area contributed by atoms with Crippen molar-refractivity contribution in [2.45, 2.75) is 33.1 Å². The molecule has 0 saturated heterocycles. The second-order valence-corrected chi connectivity index (χ2v) is 5.10. The summed E-state index contributed by atoms with van der Waals surface area (Å²) in [5.74, 6) is -0.219. The molecule has 0 bridgehead atoms. The van der Waals surface area contributed by atoms with Crippen LogP contribution in [0, 0.1) is 0 Å². The van der Waals surface area contributed by atoms with E-state index in [9.17, 15) is 13.0 Å². The highest BCUT2D eigenvalue weighted by Gasteiger charge is 1.90. The van der Waals surface area contributed by atoms with Gasteiger partial charge in [-0.3, -0.25) is 0 Å². The summed E-state index contributed by atoms with van der Waals surface area (Å²) in [6.07, 6.45) is 2.52. The second kappa shape index (κ2) is 9.43. The van der Waals surface area contributed by atoms with Gasteiger partial charge in [0.2, 0.25) is 0 Å². The van der Waals surface area contributed by atoms with Crippen LogP contribution in [0.4, 0.5) is 0 Å².